The summed E-state index contributed by atoms with van der Waals surface area (Å²) in [4.78, 5) is 11.0. The van der Waals surface area contributed by atoms with Crippen molar-refractivity contribution in [2.24, 2.45) is 11.7 Å². The fourth-order valence-corrected chi connectivity index (χ4v) is 2.26. The highest BCUT2D eigenvalue weighted by molar-refractivity contribution is 5.67. The van der Waals surface area contributed by atoms with Crippen LogP contribution in [0.3, 0.4) is 0 Å². The molecule has 3 nitrogen and oxygen atoms in total. The number of hydrogen-bond acceptors (Lipinski definition) is 3. The molecule has 0 aromatic rings. The molecule has 0 aliphatic heterocycles. The largest absolute Gasteiger partial charge is 0.550 e. The lowest BCUT2D eigenvalue weighted by atomic mass is 9.94. The van der Waals surface area contributed by atoms with Crippen molar-refractivity contribution in [3.8, 4) is 0 Å². The minimum Gasteiger partial charge on any atom is -0.550 e. The van der Waals surface area contributed by atoms with Crippen molar-refractivity contribution >= 4 is 5.97 Å². The number of carbonyl (C=O) groups excluding carboxylic acids is 1. The van der Waals surface area contributed by atoms with Crippen molar-refractivity contribution in [3.63, 3.8) is 0 Å². The van der Waals surface area contributed by atoms with Crippen LogP contribution in [-0.4, -0.2) is 12.5 Å². The van der Waals surface area contributed by atoms with Crippen molar-refractivity contribution < 1.29 is 9.90 Å². The highest BCUT2D eigenvalue weighted by atomic mass is 16.4. The SMILES string of the molecule is CCCCCCCCC(CCCCCN)C(=O)[O-]. The Hall–Kier alpha value is -0.570. The van der Waals surface area contributed by atoms with Crippen LogP contribution in [-0.2, 0) is 4.79 Å². The summed E-state index contributed by atoms with van der Waals surface area (Å²) in [5, 5.41) is 11.0. The van der Waals surface area contributed by atoms with E-state index in [2.05, 4.69) is 6.92 Å². The van der Waals surface area contributed by atoms with Crippen LogP contribution in [0.4, 0.5) is 0 Å². The number of aliphatic carboxylic acids is 1. The first-order valence-corrected chi connectivity index (χ1v) is 7.63. The quantitative estimate of drug-likeness (QED) is 0.515. The van der Waals surface area contributed by atoms with Crippen LogP contribution in [0.1, 0.15) is 77.6 Å². The number of unbranched alkanes of at least 4 members (excludes halogenated alkanes) is 7. The van der Waals surface area contributed by atoms with Gasteiger partial charge in [-0.05, 0) is 31.7 Å². The van der Waals surface area contributed by atoms with Gasteiger partial charge in [0.15, 0.2) is 0 Å². The average molecular weight is 256 g/mol. The first-order valence-electron chi connectivity index (χ1n) is 7.63. The summed E-state index contributed by atoms with van der Waals surface area (Å²) in [6.07, 6.45) is 11.8. The van der Waals surface area contributed by atoms with Gasteiger partial charge in [-0.3, -0.25) is 0 Å². The van der Waals surface area contributed by atoms with E-state index in [0.29, 0.717) is 6.54 Å². The molecule has 0 fully saturated rings. The molecule has 0 heterocycles. The summed E-state index contributed by atoms with van der Waals surface area (Å²) >= 11 is 0. The van der Waals surface area contributed by atoms with Crippen LogP contribution in [0, 0.1) is 5.92 Å². The number of carbonyl (C=O) groups is 1. The van der Waals surface area contributed by atoms with Crippen molar-refractivity contribution in [1.82, 2.24) is 0 Å². The Kier molecular flexibility index (Phi) is 12.5. The fourth-order valence-electron chi connectivity index (χ4n) is 2.26. The average Bonchev–Trinajstić information content (AvgIpc) is 2.35. The zero-order valence-electron chi connectivity index (χ0n) is 12.0. The highest BCUT2D eigenvalue weighted by Gasteiger charge is 2.09. The lowest BCUT2D eigenvalue weighted by molar-refractivity contribution is -0.312. The minimum atomic E-state index is -0.865. The molecule has 2 N–H and O–H groups in total. The van der Waals surface area contributed by atoms with Gasteiger partial charge in [-0.2, -0.15) is 0 Å². The lowest BCUT2D eigenvalue weighted by Gasteiger charge is -2.17. The van der Waals surface area contributed by atoms with Crippen LogP contribution in [0.15, 0.2) is 0 Å². The lowest BCUT2D eigenvalue weighted by Crippen LogP contribution is -2.31. The summed E-state index contributed by atoms with van der Waals surface area (Å²) in [6.45, 7) is 2.90. The van der Waals surface area contributed by atoms with Gasteiger partial charge in [0.2, 0.25) is 0 Å². The van der Waals surface area contributed by atoms with Gasteiger partial charge < -0.3 is 15.6 Å². The molecule has 18 heavy (non-hydrogen) atoms. The molecule has 0 aliphatic carbocycles. The standard InChI is InChI=1S/C15H31NO2/c1-2-3-4-5-6-8-11-14(15(17)18)12-9-7-10-13-16/h14H,2-13,16H2,1H3,(H,17,18)/p-1. The normalized spacial score (nSPS) is 12.6. The van der Waals surface area contributed by atoms with E-state index in [1.807, 2.05) is 0 Å². The topological polar surface area (TPSA) is 66.2 Å². The van der Waals surface area contributed by atoms with Crippen LogP contribution >= 0.6 is 0 Å². The van der Waals surface area contributed by atoms with Gasteiger partial charge in [0.1, 0.15) is 0 Å². The second-order valence-electron chi connectivity index (χ2n) is 5.21. The van der Waals surface area contributed by atoms with Gasteiger partial charge >= 0.3 is 0 Å². The summed E-state index contributed by atoms with van der Waals surface area (Å²) in [6, 6.07) is 0. The molecular weight excluding hydrogens is 226 g/mol. The van der Waals surface area contributed by atoms with Crippen molar-refractivity contribution in [2.45, 2.75) is 77.6 Å². The van der Waals surface area contributed by atoms with E-state index >= 15 is 0 Å². The van der Waals surface area contributed by atoms with Crippen LogP contribution in [0.5, 0.6) is 0 Å². The highest BCUT2D eigenvalue weighted by Crippen LogP contribution is 2.17. The van der Waals surface area contributed by atoms with E-state index in [4.69, 9.17) is 5.73 Å². The molecule has 0 spiro atoms. The first kappa shape index (κ1) is 17.4. The van der Waals surface area contributed by atoms with Crippen LogP contribution in [0.25, 0.3) is 0 Å². The number of nitrogens with two attached hydrogens (primary N) is 1. The number of carboxylic acids is 1. The van der Waals surface area contributed by atoms with Crippen molar-refractivity contribution in [1.29, 1.82) is 0 Å². The van der Waals surface area contributed by atoms with Gasteiger partial charge in [-0.1, -0.05) is 58.3 Å². The van der Waals surface area contributed by atoms with Crippen molar-refractivity contribution in [3.05, 3.63) is 0 Å². The van der Waals surface area contributed by atoms with Gasteiger partial charge in [0, 0.05) is 5.97 Å². The smallest absolute Gasteiger partial charge is 0.0445 e. The molecule has 0 rings (SSSR count). The Morgan fingerprint density at radius 3 is 1.94 bits per heavy atom. The van der Waals surface area contributed by atoms with Crippen LogP contribution in [0.2, 0.25) is 0 Å². The fraction of sp³-hybridized carbons (Fsp3) is 0.933. The third-order valence-electron chi connectivity index (χ3n) is 3.50. The maximum absolute atomic E-state index is 11.0. The van der Waals surface area contributed by atoms with E-state index in [0.717, 1.165) is 44.9 Å². The minimum absolute atomic E-state index is 0.242. The number of carboxylic acid groups (broad SMARTS) is 1. The van der Waals surface area contributed by atoms with E-state index in [1.54, 1.807) is 0 Å². The molecule has 3 heteroatoms. The molecule has 108 valence electrons. The predicted octanol–water partition coefficient (Wildman–Crippen LogP) is 2.62. The molecule has 0 radical (unpaired) electrons. The van der Waals surface area contributed by atoms with E-state index in [9.17, 15) is 9.90 Å². The van der Waals surface area contributed by atoms with Gasteiger partial charge in [0.25, 0.3) is 0 Å². The molecule has 1 atom stereocenters. The van der Waals surface area contributed by atoms with E-state index in [1.165, 1.54) is 25.7 Å². The summed E-state index contributed by atoms with van der Waals surface area (Å²) in [7, 11) is 0. The van der Waals surface area contributed by atoms with Crippen LogP contribution < -0.4 is 10.8 Å². The number of rotatable bonds is 13. The Bertz CT molecular complexity index is 195. The van der Waals surface area contributed by atoms with Crippen molar-refractivity contribution in [2.75, 3.05) is 6.54 Å². The maximum atomic E-state index is 11.0. The molecule has 0 saturated carbocycles. The van der Waals surface area contributed by atoms with E-state index < -0.39 is 5.97 Å². The zero-order chi connectivity index (χ0) is 13.6. The molecule has 0 saturated heterocycles. The summed E-state index contributed by atoms with van der Waals surface area (Å²) in [5.41, 5.74) is 5.41. The molecule has 0 bridgehead atoms. The Labute approximate surface area is 112 Å². The van der Waals surface area contributed by atoms with Gasteiger partial charge in [-0.25, -0.2) is 0 Å². The number of hydrogen-bond donors (Lipinski definition) is 1. The Balaban J connectivity index is 3.54. The maximum Gasteiger partial charge on any atom is 0.0445 e. The van der Waals surface area contributed by atoms with Gasteiger partial charge in [0.05, 0.1) is 0 Å². The third kappa shape index (κ3) is 10.6. The van der Waals surface area contributed by atoms with E-state index in [-0.39, 0.29) is 5.92 Å². The summed E-state index contributed by atoms with van der Waals surface area (Å²) in [5.74, 6) is -1.11. The Morgan fingerprint density at radius 2 is 1.44 bits per heavy atom. The predicted molar refractivity (Wildman–Crippen MR) is 74.0 cm³/mol. The molecular formula is C15H30NO2-. The first-order chi connectivity index (χ1) is 8.72. The molecule has 0 aromatic heterocycles. The molecule has 0 aliphatic rings. The molecule has 0 aromatic carbocycles. The second-order valence-corrected chi connectivity index (χ2v) is 5.21. The molecule has 0 amide bonds. The Morgan fingerprint density at radius 1 is 0.944 bits per heavy atom. The third-order valence-corrected chi connectivity index (χ3v) is 3.50. The summed E-state index contributed by atoms with van der Waals surface area (Å²) < 4.78 is 0. The zero-order valence-corrected chi connectivity index (χ0v) is 12.0. The second kappa shape index (κ2) is 12.9. The monoisotopic (exact) mass is 256 g/mol. The molecule has 1 unspecified atom stereocenters. The van der Waals surface area contributed by atoms with Gasteiger partial charge in [-0.15, -0.1) is 0 Å².